The van der Waals surface area contributed by atoms with Gasteiger partial charge in [0.05, 0.1) is 10.3 Å². The van der Waals surface area contributed by atoms with Gasteiger partial charge in [0, 0.05) is 18.2 Å². The van der Waals surface area contributed by atoms with Gasteiger partial charge >= 0.3 is 0 Å². The summed E-state index contributed by atoms with van der Waals surface area (Å²) in [4.78, 5) is 23.9. The molecule has 0 aromatic heterocycles. The first kappa shape index (κ1) is 16.6. The van der Waals surface area contributed by atoms with Gasteiger partial charge < -0.3 is 5.32 Å². The van der Waals surface area contributed by atoms with E-state index in [1.54, 1.807) is 18.2 Å². The van der Waals surface area contributed by atoms with Crippen LogP contribution in [0.4, 0.5) is 5.69 Å². The Labute approximate surface area is 148 Å². The number of hydrogen-bond acceptors (Lipinski definition) is 3. The third kappa shape index (κ3) is 2.74. The van der Waals surface area contributed by atoms with Crippen LogP contribution >= 0.6 is 0 Å². The highest BCUT2D eigenvalue weighted by Crippen LogP contribution is 2.69. The van der Waals surface area contributed by atoms with Crippen molar-refractivity contribution in [1.29, 1.82) is 0 Å². The molecule has 5 rings (SSSR count). The summed E-state index contributed by atoms with van der Waals surface area (Å²) in [7, 11) is 0. The number of amides is 1. The van der Waals surface area contributed by atoms with Gasteiger partial charge in [-0.25, -0.2) is 0 Å². The minimum atomic E-state index is -0.381. The summed E-state index contributed by atoms with van der Waals surface area (Å²) in [5.74, 6) is 0.760. The molecular weight excluding hydrogens is 316 g/mol. The van der Waals surface area contributed by atoms with Crippen LogP contribution in [0.15, 0.2) is 24.3 Å². The number of para-hydroxylation sites is 1. The lowest BCUT2D eigenvalue weighted by Crippen LogP contribution is -2.59. The number of benzene rings is 1. The van der Waals surface area contributed by atoms with Crippen molar-refractivity contribution < 1.29 is 9.72 Å². The van der Waals surface area contributed by atoms with E-state index >= 15 is 0 Å². The standard InChI is InChI=1S/C20H26N2O3/c1-18-7-14-8-19(2,11-18)13-20(9-14,12-18)17(23)21-10-15-5-3-4-6-16(15)22(24)25/h3-6,14H,7-13H2,1-2H3,(H,21,23). The summed E-state index contributed by atoms with van der Waals surface area (Å²) in [5, 5.41) is 14.2. The number of nitro benzene ring substituents is 1. The number of nitrogens with one attached hydrogen (secondary N) is 1. The Kier molecular flexibility index (Phi) is 3.50. The molecule has 2 atom stereocenters. The largest absolute Gasteiger partial charge is 0.351 e. The van der Waals surface area contributed by atoms with E-state index in [2.05, 4.69) is 19.2 Å². The molecule has 1 aromatic rings. The summed E-state index contributed by atoms with van der Waals surface area (Å²) < 4.78 is 0. The van der Waals surface area contributed by atoms with E-state index < -0.39 is 0 Å². The molecule has 0 aliphatic heterocycles. The van der Waals surface area contributed by atoms with E-state index in [0.29, 0.717) is 11.5 Å². The molecule has 4 bridgehead atoms. The molecule has 5 nitrogen and oxygen atoms in total. The molecule has 4 fully saturated rings. The first-order valence-electron chi connectivity index (χ1n) is 9.23. The first-order valence-corrected chi connectivity index (χ1v) is 9.23. The molecule has 4 aliphatic rings. The lowest BCUT2D eigenvalue weighted by atomic mass is 9.40. The van der Waals surface area contributed by atoms with Gasteiger partial charge in [-0.05, 0) is 55.3 Å². The second kappa shape index (κ2) is 5.29. The molecule has 0 radical (unpaired) electrons. The van der Waals surface area contributed by atoms with Crippen LogP contribution in [0.1, 0.15) is 57.9 Å². The molecule has 0 heterocycles. The average molecular weight is 342 g/mol. The zero-order valence-electron chi connectivity index (χ0n) is 15.0. The number of nitro groups is 1. The molecule has 1 amide bonds. The van der Waals surface area contributed by atoms with E-state index in [1.807, 2.05) is 0 Å². The zero-order valence-corrected chi connectivity index (χ0v) is 15.0. The molecule has 134 valence electrons. The molecule has 25 heavy (non-hydrogen) atoms. The molecule has 0 saturated heterocycles. The number of carbonyl (C=O) groups is 1. The molecular formula is C20H26N2O3. The van der Waals surface area contributed by atoms with Crippen LogP contribution in [0, 0.1) is 32.3 Å². The topological polar surface area (TPSA) is 72.2 Å². The van der Waals surface area contributed by atoms with Gasteiger partial charge in [0.15, 0.2) is 0 Å². The third-order valence-electron chi connectivity index (χ3n) is 6.74. The van der Waals surface area contributed by atoms with Crippen LogP contribution in [0.3, 0.4) is 0 Å². The minimum absolute atomic E-state index is 0.0761. The minimum Gasteiger partial charge on any atom is -0.351 e. The normalized spacial score (nSPS) is 38.6. The second-order valence-corrected chi connectivity index (χ2v) is 9.48. The van der Waals surface area contributed by atoms with E-state index in [0.717, 1.165) is 19.3 Å². The molecule has 4 aliphatic carbocycles. The highest BCUT2D eigenvalue weighted by atomic mass is 16.6. The highest BCUT2D eigenvalue weighted by Gasteiger charge is 2.62. The molecule has 1 aromatic carbocycles. The first-order chi connectivity index (χ1) is 11.7. The van der Waals surface area contributed by atoms with E-state index in [9.17, 15) is 14.9 Å². The number of rotatable bonds is 4. The van der Waals surface area contributed by atoms with Crippen molar-refractivity contribution in [2.45, 2.75) is 58.9 Å². The van der Waals surface area contributed by atoms with E-state index in [1.165, 1.54) is 25.3 Å². The van der Waals surface area contributed by atoms with Crippen molar-refractivity contribution >= 4 is 11.6 Å². The Morgan fingerprint density at radius 2 is 1.80 bits per heavy atom. The predicted molar refractivity (Wildman–Crippen MR) is 94.8 cm³/mol. The summed E-state index contributed by atoms with van der Waals surface area (Å²) in [6, 6.07) is 6.65. The Morgan fingerprint density at radius 1 is 1.16 bits per heavy atom. The van der Waals surface area contributed by atoms with Crippen molar-refractivity contribution in [3.05, 3.63) is 39.9 Å². The maximum atomic E-state index is 13.2. The van der Waals surface area contributed by atoms with Gasteiger partial charge in [-0.15, -0.1) is 0 Å². The number of nitrogens with zero attached hydrogens (tertiary/aromatic N) is 1. The second-order valence-electron chi connectivity index (χ2n) is 9.48. The Bertz CT molecular complexity index is 726. The fourth-order valence-electron chi connectivity index (χ4n) is 6.90. The summed E-state index contributed by atoms with van der Waals surface area (Å²) in [5.41, 5.74) is 0.941. The van der Waals surface area contributed by atoms with Gasteiger partial charge in [-0.3, -0.25) is 14.9 Å². The number of hydrogen-bond donors (Lipinski definition) is 1. The van der Waals surface area contributed by atoms with Gasteiger partial charge in [0.2, 0.25) is 5.91 Å². The highest BCUT2D eigenvalue weighted by molar-refractivity contribution is 5.83. The van der Waals surface area contributed by atoms with Crippen molar-refractivity contribution in [1.82, 2.24) is 5.32 Å². The molecule has 1 N–H and O–H groups in total. The summed E-state index contributed by atoms with van der Waals surface area (Å²) >= 11 is 0. The van der Waals surface area contributed by atoms with Crippen LogP contribution in [0.2, 0.25) is 0 Å². The Hall–Kier alpha value is -1.91. The van der Waals surface area contributed by atoms with Crippen LogP contribution in [-0.2, 0) is 11.3 Å². The Morgan fingerprint density at radius 3 is 2.40 bits per heavy atom. The molecule has 5 heteroatoms. The quantitative estimate of drug-likeness (QED) is 0.658. The fraction of sp³-hybridized carbons (Fsp3) is 0.650. The van der Waals surface area contributed by atoms with Crippen molar-refractivity contribution in [2.75, 3.05) is 0 Å². The SMILES string of the molecule is CC12CC3CC(C)(C1)CC(C(=O)NCc1ccccc1[N+](=O)[O-])(C3)C2. The lowest BCUT2D eigenvalue weighted by Gasteiger charge is -2.64. The maximum absolute atomic E-state index is 13.2. The molecule has 0 spiro atoms. The van der Waals surface area contributed by atoms with Crippen molar-refractivity contribution in [2.24, 2.45) is 22.2 Å². The van der Waals surface area contributed by atoms with Crippen LogP contribution in [0.5, 0.6) is 0 Å². The molecule has 2 unspecified atom stereocenters. The van der Waals surface area contributed by atoms with Crippen LogP contribution < -0.4 is 5.32 Å². The van der Waals surface area contributed by atoms with Crippen LogP contribution in [-0.4, -0.2) is 10.8 Å². The summed E-state index contributed by atoms with van der Waals surface area (Å²) in [6.07, 6.45) is 6.66. The smallest absolute Gasteiger partial charge is 0.274 e. The Balaban J connectivity index is 1.53. The third-order valence-corrected chi connectivity index (χ3v) is 6.74. The van der Waals surface area contributed by atoms with Gasteiger partial charge in [-0.2, -0.15) is 0 Å². The van der Waals surface area contributed by atoms with Gasteiger partial charge in [0.25, 0.3) is 5.69 Å². The van der Waals surface area contributed by atoms with Crippen LogP contribution in [0.25, 0.3) is 0 Å². The van der Waals surface area contributed by atoms with E-state index in [-0.39, 0.29) is 39.3 Å². The van der Waals surface area contributed by atoms with E-state index in [4.69, 9.17) is 0 Å². The monoisotopic (exact) mass is 342 g/mol. The zero-order chi connectivity index (χ0) is 17.9. The number of carbonyl (C=O) groups excluding carboxylic acids is 1. The average Bonchev–Trinajstić information content (AvgIpc) is 2.49. The maximum Gasteiger partial charge on any atom is 0.274 e. The van der Waals surface area contributed by atoms with Gasteiger partial charge in [0.1, 0.15) is 0 Å². The fourth-order valence-corrected chi connectivity index (χ4v) is 6.90. The molecule has 4 saturated carbocycles. The van der Waals surface area contributed by atoms with Crippen molar-refractivity contribution in [3.8, 4) is 0 Å². The van der Waals surface area contributed by atoms with Crippen molar-refractivity contribution in [3.63, 3.8) is 0 Å². The lowest BCUT2D eigenvalue weighted by molar-refractivity contribution is -0.385. The predicted octanol–water partition coefficient (Wildman–Crippen LogP) is 4.21. The summed E-state index contributed by atoms with van der Waals surface area (Å²) in [6.45, 7) is 4.93. The van der Waals surface area contributed by atoms with Gasteiger partial charge in [-0.1, -0.05) is 32.0 Å².